The molecule has 0 saturated heterocycles. The fourth-order valence-electron chi connectivity index (χ4n) is 2.94. The Morgan fingerprint density at radius 1 is 0.939 bits per heavy atom. The molecule has 4 aromatic rings. The summed E-state index contributed by atoms with van der Waals surface area (Å²) in [6.45, 7) is 1.72. The molecule has 1 N–H and O–H groups in total. The Balaban J connectivity index is 1.49. The van der Waals surface area contributed by atoms with E-state index >= 15 is 0 Å². The molecule has 1 heterocycles. The number of benzene rings is 3. The van der Waals surface area contributed by atoms with E-state index in [1.807, 2.05) is 30.3 Å². The predicted octanol–water partition coefficient (Wildman–Crippen LogP) is 5.96. The molecule has 0 bridgehead atoms. The van der Waals surface area contributed by atoms with Gasteiger partial charge in [0.05, 0.1) is 0 Å². The molecule has 0 aliphatic carbocycles. The smallest absolute Gasteiger partial charge is 0.277 e. The van der Waals surface area contributed by atoms with Gasteiger partial charge >= 0.3 is 0 Å². The zero-order valence-electron chi connectivity index (χ0n) is 17.4. The SMILES string of the molecule is C[C@H](Oc1ccc(F)cc1)c1nnc(S[C@H](C(=O)Nc2ccc(F)cc2)c2ccccc2)o1. The number of ether oxygens (including phenoxy) is 1. The van der Waals surface area contributed by atoms with Crippen LogP contribution < -0.4 is 10.1 Å². The number of aromatic nitrogens is 2. The molecule has 4 rings (SSSR count). The number of hydrogen-bond acceptors (Lipinski definition) is 6. The average Bonchev–Trinajstić information content (AvgIpc) is 3.30. The summed E-state index contributed by atoms with van der Waals surface area (Å²) in [5, 5.41) is 10.3. The number of halogens is 2. The van der Waals surface area contributed by atoms with Gasteiger partial charge in [-0.05, 0) is 72.8 Å². The van der Waals surface area contributed by atoms with Crippen molar-refractivity contribution in [1.82, 2.24) is 10.2 Å². The van der Waals surface area contributed by atoms with Crippen LogP contribution in [0.15, 0.2) is 88.5 Å². The van der Waals surface area contributed by atoms with Crippen molar-refractivity contribution in [2.24, 2.45) is 0 Å². The molecule has 0 aliphatic rings. The van der Waals surface area contributed by atoms with E-state index in [0.717, 1.165) is 17.3 Å². The Hall–Kier alpha value is -3.72. The molecule has 0 radical (unpaired) electrons. The van der Waals surface area contributed by atoms with E-state index in [4.69, 9.17) is 9.15 Å². The lowest BCUT2D eigenvalue weighted by Gasteiger charge is -2.15. The highest BCUT2D eigenvalue weighted by Gasteiger charge is 2.26. The molecule has 2 atom stereocenters. The van der Waals surface area contributed by atoms with E-state index in [2.05, 4.69) is 15.5 Å². The third-order valence-electron chi connectivity index (χ3n) is 4.57. The summed E-state index contributed by atoms with van der Waals surface area (Å²) in [5.41, 5.74) is 1.20. The van der Waals surface area contributed by atoms with Gasteiger partial charge in [-0.2, -0.15) is 0 Å². The highest BCUT2D eigenvalue weighted by Crippen LogP contribution is 2.36. The fourth-order valence-corrected chi connectivity index (χ4v) is 3.82. The molecule has 3 aromatic carbocycles. The minimum atomic E-state index is -0.696. The molecule has 0 saturated carbocycles. The summed E-state index contributed by atoms with van der Waals surface area (Å²) in [7, 11) is 0. The lowest BCUT2D eigenvalue weighted by molar-refractivity contribution is -0.115. The van der Waals surface area contributed by atoms with Crippen molar-refractivity contribution in [3.63, 3.8) is 0 Å². The van der Waals surface area contributed by atoms with E-state index in [9.17, 15) is 13.6 Å². The van der Waals surface area contributed by atoms with E-state index in [0.29, 0.717) is 11.4 Å². The van der Waals surface area contributed by atoms with Gasteiger partial charge in [0.15, 0.2) is 6.10 Å². The second-order valence-corrected chi connectivity index (χ2v) is 8.08. The molecule has 9 heteroatoms. The molecule has 0 spiro atoms. The Labute approximate surface area is 193 Å². The van der Waals surface area contributed by atoms with Gasteiger partial charge in [0.25, 0.3) is 11.1 Å². The van der Waals surface area contributed by atoms with Crippen LogP contribution in [0, 0.1) is 11.6 Å². The van der Waals surface area contributed by atoms with Gasteiger partial charge in [0.1, 0.15) is 22.6 Å². The minimum absolute atomic E-state index is 0.183. The maximum absolute atomic E-state index is 13.2. The lowest BCUT2D eigenvalue weighted by Crippen LogP contribution is -2.19. The number of carbonyl (C=O) groups excluding carboxylic acids is 1. The molecule has 0 unspecified atom stereocenters. The summed E-state index contributed by atoms with van der Waals surface area (Å²) in [4.78, 5) is 13.0. The number of anilines is 1. The van der Waals surface area contributed by atoms with Gasteiger partial charge < -0.3 is 14.5 Å². The van der Waals surface area contributed by atoms with Crippen molar-refractivity contribution >= 4 is 23.4 Å². The van der Waals surface area contributed by atoms with Crippen LogP contribution in [0.5, 0.6) is 5.75 Å². The van der Waals surface area contributed by atoms with Crippen LogP contribution in [-0.2, 0) is 4.79 Å². The topological polar surface area (TPSA) is 77.2 Å². The number of hydrogen-bond donors (Lipinski definition) is 1. The fraction of sp³-hybridized carbons (Fsp3) is 0.125. The van der Waals surface area contributed by atoms with Crippen molar-refractivity contribution in [3.05, 3.63) is 102 Å². The van der Waals surface area contributed by atoms with Crippen molar-refractivity contribution < 1.29 is 22.7 Å². The molecule has 1 aromatic heterocycles. The molecule has 168 valence electrons. The summed E-state index contributed by atoms with van der Waals surface area (Å²) in [6, 6.07) is 20.2. The van der Waals surface area contributed by atoms with Gasteiger partial charge in [0.2, 0.25) is 5.91 Å². The Morgan fingerprint density at radius 3 is 2.24 bits per heavy atom. The zero-order valence-corrected chi connectivity index (χ0v) is 18.3. The van der Waals surface area contributed by atoms with Gasteiger partial charge in [-0.25, -0.2) is 8.78 Å². The Bertz CT molecular complexity index is 1200. The normalized spacial score (nSPS) is 12.7. The third-order valence-corrected chi connectivity index (χ3v) is 5.66. The highest BCUT2D eigenvalue weighted by molar-refractivity contribution is 8.00. The van der Waals surface area contributed by atoms with Crippen molar-refractivity contribution in [1.29, 1.82) is 0 Å². The number of thioether (sulfide) groups is 1. The second kappa shape index (κ2) is 10.3. The van der Waals surface area contributed by atoms with Gasteiger partial charge in [-0.3, -0.25) is 4.79 Å². The van der Waals surface area contributed by atoms with Gasteiger partial charge in [0, 0.05) is 5.69 Å². The Morgan fingerprint density at radius 2 is 1.58 bits per heavy atom. The minimum Gasteiger partial charge on any atom is -0.481 e. The first kappa shape index (κ1) is 22.5. The predicted molar refractivity (Wildman–Crippen MR) is 120 cm³/mol. The number of rotatable bonds is 8. The molecule has 0 fully saturated rings. The molecule has 33 heavy (non-hydrogen) atoms. The van der Waals surface area contributed by atoms with Gasteiger partial charge in [-0.1, -0.05) is 30.3 Å². The molecular weight excluding hydrogens is 448 g/mol. The highest BCUT2D eigenvalue weighted by atomic mass is 32.2. The van der Waals surface area contributed by atoms with Crippen molar-refractivity contribution in [2.45, 2.75) is 23.5 Å². The lowest BCUT2D eigenvalue weighted by atomic mass is 10.1. The first-order valence-electron chi connectivity index (χ1n) is 10.0. The molecular formula is C24H19F2N3O3S. The van der Waals surface area contributed by atoms with E-state index < -0.39 is 17.2 Å². The third kappa shape index (κ3) is 5.95. The summed E-state index contributed by atoms with van der Waals surface area (Å²) in [5.74, 6) is -0.410. The van der Waals surface area contributed by atoms with Crippen molar-refractivity contribution in [3.8, 4) is 5.75 Å². The van der Waals surface area contributed by atoms with Crippen LogP contribution in [0.2, 0.25) is 0 Å². The van der Waals surface area contributed by atoms with Crippen molar-refractivity contribution in [2.75, 3.05) is 5.32 Å². The molecule has 1 amide bonds. The summed E-state index contributed by atoms with van der Waals surface area (Å²) >= 11 is 1.09. The number of nitrogens with one attached hydrogen (secondary N) is 1. The maximum Gasteiger partial charge on any atom is 0.277 e. The monoisotopic (exact) mass is 467 g/mol. The largest absolute Gasteiger partial charge is 0.481 e. The van der Waals surface area contributed by atoms with E-state index in [1.165, 1.54) is 48.5 Å². The van der Waals surface area contributed by atoms with Crippen LogP contribution in [0.1, 0.15) is 29.7 Å². The number of amides is 1. The molecule has 6 nitrogen and oxygen atoms in total. The van der Waals surface area contributed by atoms with Crippen LogP contribution in [0.25, 0.3) is 0 Å². The standard InChI is InChI=1S/C24H19F2N3O3S/c1-15(31-20-13-9-18(26)10-14-20)23-28-29-24(32-23)33-21(16-5-3-2-4-6-16)22(30)27-19-11-7-17(25)8-12-19/h2-15,21H,1H3,(H,27,30)/t15-,21-/m0/s1. The molecule has 0 aliphatic heterocycles. The first-order valence-corrected chi connectivity index (χ1v) is 10.9. The van der Waals surface area contributed by atoms with Crippen LogP contribution >= 0.6 is 11.8 Å². The maximum atomic E-state index is 13.2. The first-order chi connectivity index (χ1) is 16.0. The van der Waals surface area contributed by atoms with Crippen LogP contribution in [0.4, 0.5) is 14.5 Å². The zero-order chi connectivity index (χ0) is 23.2. The van der Waals surface area contributed by atoms with E-state index in [-0.39, 0.29) is 22.8 Å². The van der Waals surface area contributed by atoms with E-state index in [1.54, 1.807) is 6.92 Å². The number of carbonyl (C=O) groups is 1. The summed E-state index contributed by atoms with van der Waals surface area (Å²) < 4.78 is 37.7. The van der Waals surface area contributed by atoms with Gasteiger partial charge in [-0.15, -0.1) is 10.2 Å². The Kier molecular flexibility index (Phi) is 6.99. The number of nitrogens with zero attached hydrogens (tertiary/aromatic N) is 2. The second-order valence-electron chi connectivity index (χ2n) is 7.02. The average molecular weight is 467 g/mol. The quantitative estimate of drug-likeness (QED) is 0.322. The van der Waals surface area contributed by atoms with Crippen LogP contribution in [-0.4, -0.2) is 16.1 Å². The van der Waals surface area contributed by atoms with Crippen LogP contribution in [0.3, 0.4) is 0 Å². The summed E-state index contributed by atoms with van der Waals surface area (Å²) in [6.07, 6.45) is -0.583.